The summed E-state index contributed by atoms with van der Waals surface area (Å²) in [5.74, 6) is 1.78. The Morgan fingerprint density at radius 3 is 2.70 bits per heavy atom. The second-order valence-corrected chi connectivity index (χ2v) is 7.39. The summed E-state index contributed by atoms with van der Waals surface area (Å²) in [6, 6.07) is 13.5. The molecule has 0 aliphatic carbocycles. The number of amidine groups is 1. The maximum atomic E-state index is 13.0. The van der Waals surface area contributed by atoms with E-state index < -0.39 is 0 Å². The van der Waals surface area contributed by atoms with Crippen LogP contribution < -0.4 is 9.64 Å². The van der Waals surface area contributed by atoms with E-state index in [1.165, 1.54) is 11.1 Å². The van der Waals surface area contributed by atoms with Crippen molar-refractivity contribution in [2.75, 3.05) is 30.9 Å². The van der Waals surface area contributed by atoms with Crippen LogP contribution in [-0.4, -0.2) is 36.9 Å². The first-order valence-electron chi connectivity index (χ1n) is 8.78. The van der Waals surface area contributed by atoms with E-state index >= 15 is 0 Å². The minimum absolute atomic E-state index is 0. The number of Topliss-reactive ketones (excluding diaryl/α,β-unsaturated/α-hetero) is 1. The predicted octanol–water partition coefficient (Wildman–Crippen LogP) is 5.07. The molecule has 1 aliphatic heterocycles. The highest BCUT2D eigenvalue weighted by Crippen LogP contribution is 2.28. The number of carbonyl (C=O) groups excluding carboxylic acids is 1. The van der Waals surface area contributed by atoms with Gasteiger partial charge in [0.05, 0.1) is 13.7 Å². The molecule has 0 bridgehead atoms. The van der Waals surface area contributed by atoms with Crippen molar-refractivity contribution in [3.63, 3.8) is 0 Å². The van der Waals surface area contributed by atoms with Gasteiger partial charge in [-0.25, -0.2) is 0 Å². The van der Waals surface area contributed by atoms with Gasteiger partial charge in [0.2, 0.25) is 0 Å². The molecule has 0 unspecified atom stereocenters. The summed E-state index contributed by atoms with van der Waals surface area (Å²) in [6.07, 6.45) is 1.08. The minimum atomic E-state index is 0. The van der Waals surface area contributed by atoms with Crippen LogP contribution in [0.4, 0.5) is 5.69 Å². The third-order valence-corrected chi connectivity index (χ3v) is 5.67. The molecule has 144 valence electrons. The van der Waals surface area contributed by atoms with E-state index in [1.807, 2.05) is 24.3 Å². The first-order valence-corrected chi connectivity index (χ1v) is 9.77. The van der Waals surface area contributed by atoms with Gasteiger partial charge in [0, 0.05) is 23.5 Å². The normalized spacial score (nSPS) is 13.4. The lowest BCUT2D eigenvalue weighted by Gasteiger charge is -2.29. The van der Waals surface area contributed by atoms with E-state index in [9.17, 15) is 4.79 Å². The molecule has 0 radical (unpaired) electrons. The van der Waals surface area contributed by atoms with E-state index in [-0.39, 0.29) is 29.3 Å². The Kier molecular flexibility index (Phi) is 7.92. The largest absolute Gasteiger partial charge is 0.497 e. The SMILES string of the molecule is Br.COc1cccc(C(=O)CN(C2=NCCCS2)c2cccc(C)c2C)c1. The molecule has 0 atom stereocenters. The number of aryl methyl sites for hydroxylation is 1. The van der Waals surface area contributed by atoms with Gasteiger partial charge in [-0.3, -0.25) is 9.79 Å². The van der Waals surface area contributed by atoms with Gasteiger partial charge in [0.25, 0.3) is 0 Å². The van der Waals surface area contributed by atoms with Gasteiger partial charge in [-0.1, -0.05) is 36.0 Å². The Morgan fingerprint density at radius 2 is 2.00 bits per heavy atom. The Bertz CT molecular complexity index is 839. The van der Waals surface area contributed by atoms with Crippen LogP contribution in [0.25, 0.3) is 0 Å². The zero-order valence-corrected chi connectivity index (χ0v) is 18.4. The summed E-state index contributed by atoms with van der Waals surface area (Å²) < 4.78 is 5.25. The monoisotopic (exact) mass is 448 g/mol. The number of nitrogens with zero attached hydrogens (tertiary/aromatic N) is 2. The lowest BCUT2D eigenvalue weighted by molar-refractivity contribution is 0.100. The van der Waals surface area contributed by atoms with E-state index in [0.29, 0.717) is 11.3 Å². The van der Waals surface area contributed by atoms with Crippen molar-refractivity contribution >= 4 is 45.4 Å². The number of ether oxygens (including phenoxy) is 1. The summed E-state index contributed by atoms with van der Waals surface area (Å²) in [5.41, 5.74) is 4.10. The third kappa shape index (κ3) is 5.14. The number of ketones is 1. The molecule has 2 aromatic carbocycles. The van der Waals surface area contributed by atoms with Crippen LogP contribution in [0.5, 0.6) is 5.75 Å². The fourth-order valence-corrected chi connectivity index (χ4v) is 3.88. The number of carbonyl (C=O) groups is 1. The maximum absolute atomic E-state index is 13.0. The lowest BCUT2D eigenvalue weighted by atomic mass is 10.1. The van der Waals surface area contributed by atoms with Crippen molar-refractivity contribution in [3.05, 3.63) is 59.2 Å². The molecule has 1 aliphatic rings. The molecule has 0 saturated heterocycles. The van der Waals surface area contributed by atoms with E-state index in [4.69, 9.17) is 4.74 Å². The van der Waals surface area contributed by atoms with E-state index in [0.717, 1.165) is 29.6 Å². The first kappa shape index (κ1) is 21.5. The summed E-state index contributed by atoms with van der Waals surface area (Å²) in [4.78, 5) is 19.7. The molecule has 0 amide bonds. The highest BCUT2D eigenvalue weighted by Gasteiger charge is 2.22. The van der Waals surface area contributed by atoms with Crippen molar-refractivity contribution in [3.8, 4) is 5.75 Å². The van der Waals surface area contributed by atoms with Crippen molar-refractivity contribution in [2.45, 2.75) is 20.3 Å². The third-order valence-electron chi connectivity index (χ3n) is 4.57. The fraction of sp³-hybridized carbons (Fsp3) is 0.333. The summed E-state index contributed by atoms with van der Waals surface area (Å²) in [5, 5.41) is 0.932. The van der Waals surface area contributed by atoms with Crippen LogP contribution in [0, 0.1) is 13.8 Å². The number of hydrogen-bond donors (Lipinski definition) is 0. The molecule has 0 aromatic heterocycles. The smallest absolute Gasteiger partial charge is 0.182 e. The second kappa shape index (κ2) is 9.95. The topological polar surface area (TPSA) is 41.9 Å². The molecule has 0 spiro atoms. The molecule has 2 aromatic rings. The van der Waals surface area contributed by atoms with Gasteiger partial charge in [-0.2, -0.15) is 0 Å². The van der Waals surface area contributed by atoms with Gasteiger partial charge in [-0.05, 0) is 49.6 Å². The quantitative estimate of drug-likeness (QED) is 0.598. The summed E-state index contributed by atoms with van der Waals surface area (Å²) in [7, 11) is 1.61. The van der Waals surface area contributed by atoms with Crippen LogP contribution >= 0.6 is 28.7 Å². The average molecular weight is 449 g/mol. The predicted molar refractivity (Wildman–Crippen MR) is 120 cm³/mol. The van der Waals surface area contributed by atoms with Crippen LogP contribution in [0.1, 0.15) is 27.9 Å². The molecular formula is C21H25BrN2O2S. The van der Waals surface area contributed by atoms with Crippen LogP contribution in [0.15, 0.2) is 47.5 Å². The zero-order chi connectivity index (χ0) is 18.5. The number of halogens is 1. The van der Waals surface area contributed by atoms with Crippen molar-refractivity contribution < 1.29 is 9.53 Å². The highest BCUT2D eigenvalue weighted by atomic mass is 79.9. The van der Waals surface area contributed by atoms with Gasteiger partial charge in [0.1, 0.15) is 5.75 Å². The molecular weight excluding hydrogens is 424 g/mol. The standard InChI is InChI=1S/C21H24N2O2S.BrH/c1-15-7-4-10-19(16(15)2)23(21-22-11-6-12-26-21)14-20(24)17-8-5-9-18(13-17)25-3;/h4-5,7-10,13H,6,11-12,14H2,1-3H3;1H. The number of thioether (sulfide) groups is 1. The molecule has 6 heteroatoms. The van der Waals surface area contributed by atoms with Crippen molar-refractivity contribution in [1.82, 2.24) is 0 Å². The fourth-order valence-electron chi connectivity index (χ4n) is 2.93. The number of rotatable bonds is 5. The average Bonchev–Trinajstić information content (AvgIpc) is 2.69. The van der Waals surface area contributed by atoms with Crippen LogP contribution in [0.2, 0.25) is 0 Å². The number of hydrogen-bond acceptors (Lipinski definition) is 5. The van der Waals surface area contributed by atoms with Crippen LogP contribution in [-0.2, 0) is 0 Å². The molecule has 0 N–H and O–H groups in total. The number of anilines is 1. The minimum Gasteiger partial charge on any atom is -0.497 e. The highest BCUT2D eigenvalue weighted by molar-refractivity contribution is 8.93. The van der Waals surface area contributed by atoms with Gasteiger partial charge < -0.3 is 9.64 Å². The van der Waals surface area contributed by atoms with Gasteiger partial charge in [-0.15, -0.1) is 17.0 Å². The number of aliphatic imine (C=N–C) groups is 1. The van der Waals surface area contributed by atoms with Gasteiger partial charge >= 0.3 is 0 Å². The number of benzene rings is 2. The first-order chi connectivity index (χ1) is 12.6. The molecule has 1 heterocycles. The molecule has 0 fully saturated rings. The molecule has 4 nitrogen and oxygen atoms in total. The maximum Gasteiger partial charge on any atom is 0.182 e. The summed E-state index contributed by atoms with van der Waals surface area (Å²) in [6.45, 7) is 5.28. The molecule has 27 heavy (non-hydrogen) atoms. The number of methoxy groups -OCH3 is 1. The lowest BCUT2D eigenvalue weighted by Crippen LogP contribution is -2.36. The van der Waals surface area contributed by atoms with Gasteiger partial charge in [0.15, 0.2) is 11.0 Å². The second-order valence-electron chi connectivity index (χ2n) is 6.33. The zero-order valence-electron chi connectivity index (χ0n) is 15.9. The summed E-state index contributed by atoms with van der Waals surface area (Å²) >= 11 is 1.72. The molecule has 3 rings (SSSR count). The van der Waals surface area contributed by atoms with E-state index in [1.54, 1.807) is 24.9 Å². The Morgan fingerprint density at radius 1 is 1.22 bits per heavy atom. The van der Waals surface area contributed by atoms with Crippen molar-refractivity contribution in [1.29, 1.82) is 0 Å². The van der Waals surface area contributed by atoms with Crippen LogP contribution in [0.3, 0.4) is 0 Å². The van der Waals surface area contributed by atoms with Crippen molar-refractivity contribution in [2.24, 2.45) is 4.99 Å². The van der Waals surface area contributed by atoms with E-state index in [2.05, 4.69) is 35.9 Å². The Hall–Kier alpha value is -1.79. The Balaban J connectivity index is 0.00000261. The molecule has 0 saturated carbocycles. The Labute approximate surface area is 175 Å².